The normalized spacial score (nSPS) is 11.2. The van der Waals surface area contributed by atoms with Crippen LogP contribution in [0.15, 0.2) is 78.0 Å². The zero-order valence-electron chi connectivity index (χ0n) is 13.3. The van der Waals surface area contributed by atoms with Crippen LogP contribution in [0.5, 0.6) is 5.75 Å². The molecule has 25 heavy (non-hydrogen) atoms. The van der Waals surface area contributed by atoms with Crippen LogP contribution in [0.3, 0.4) is 0 Å². The maximum atomic E-state index is 12.1. The Kier molecular flexibility index (Phi) is 5.01. The van der Waals surface area contributed by atoms with E-state index in [1.807, 2.05) is 66.7 Å². The van der Waals surface area contributed by atoms with E-state index in [0.29, 0.717) is 0 Å². The second kappa shape index (κ2) is 7.74. The minimum absolute atomic E-state index is 0.0898. The van der Waals surface area contributed by atoms with Crippen LogP contribution in [0, 0.1) is 0 Å². The molecule has 0 aliphatic carbocycles. The Morgan fingerprint density at radius 2 is 1.76 bits per heavy atom. The largest absolute Gasteiger partial charge is 0.504 e. The molecule has 6 heteroatoms. The molecule has 1 heterocycles. The van der Waals surface area contributed by atoms with Gasteiger partial charge >= 0.3 is 0 Å². The van der Waals surface area contributed by atoms with Gasteiger partial charge in [0.05, 0.1) is 11.9 Å². The van der Waals surface area contributed by atoms with Gasteiger partial charge in [0, 0.05) is 6.21 Å². The fourth-order valence-electron chi connectivity index (χ4n) is 2.15. The standard InChI is InChI=1S/C19H16N4O2/c24-17-14-23(16-11-5-2-6-12-16)22-18(17)19(25)21-20-13-7-10-15-8-3-1-4-9-15/h1-14,24H,(H,21,25)/b10-7-,20-13?. The number of hydrogen-bond acceptors (Lipinski definition) is 4. The summed E-state index contributed by atoms with van der Waals surface area (Å²) in [6.45, 7) is 0. The highest BCUT2D eigenvalue weighted by Crippen LogP contribution is 2.17. The highest BCUT2D eigenvalue weighted by Gasteiger charge is 2.16. The fourth-order valence-corrected chi connectivity index (χ4v) is 2.15. The summed E-state index contributed by atoms with van der Waals surface area (Å²) < 4.78 is 1.43. The van der Waals surface area contributed by atoms with Crippen molar-refractivity contribution >= 4 is 18.2 Å². The smallest absolute Gasteiger partial charge is 0.295 e. The van der Waals surface area contributed by atoms with E-state index in [2.05, 4.69) is 15.6 Å². The molecule has 2 aromatic carbocycles. The van der Waals surface area contributed by atoms with Gasteiger partial charge in [-0.3, -0.25) is 4.79 Å². The quantitative estimate of drug-likeness (QED) is 0.557. The van der Waals surface area contributed by atoms with Gasteiger partial charge in [0.25, 0.3) is 5.91 Å². The molecule has 0 aliphatic heterocycles. The second-order valence-electron chi connectivity index (χ2n) is 5.13. The second-order valence-corrected chi connectivity index (χ2v) is 5.13. The first-order valence-corrected chi connectivity index (χ1v) is 7.63. The van der Waals surface area contributed by atoms with E-state index < -0.39 is 5.91 Å². The average molecular weight is 332 g/mol. The summed E-state index contributed by atoms with van der Waals surface area (Å²) in [6.07, 6.45) is 6.40. The molecule has 0 bridgehead atoms. The third-order valence-corrected chi connectivity index (χ3v) is 3.35. The van der Waals surface area contributed by atoms with E-state index in [1.165, 1.54) is 17.1 Å². The summed E-state index contributed by atoms with van der Waals surface area (Å²) in [7, 11) is 0. The number of allylic oxidation sites excluding steroid dienone is 1. The Labute approximate surface area is 144 Å². The molecule has 1 aromatic heterocycles. The van der Waals surface area contributed by atoms with Crippen LogP contribution in [0.4, 0.5) is 0 Å². The number of carbonyl (C=O) groups excluding carboxylic acids is 1. The molecule has 3 rings (SSSR count). The van der Waals surface area contributed by atoms with E-state index in [4.69, 9.17) is 0 Å². The Hall–Kier alpha value is -3.67. The SMILES string of the molecule is O=C(NN=C/C=C\c1ccccc1)c1nn(-c2ccccc2)cc1O. The van der Waals surface area contributed by atoms with Crippen molar-refractivity contribution in [2.24, 2.45) is 5.10 Å². The van der Waals surface area contributed by atoms with Gasteiger partial charge in [0.2, 0.25) is 0 Å². The predicted octanol–water partition coefficient (Wildman–Crippen LogP) is 3.01. The first kappa shape index (κ1) is 16.2. The van der Waals surface area contributed by atoms with Crippen molar-refractivity contribution in [3.05, 3.63) is 84.2 Å². The van der Waals surface area contributed by atoms with Crippen molar-refractivity contribution in [3.8, 4) is 11.4 Å². The molecule has 0 radical (unpaired) electrons. The summed E-state index contributed by atoms with van der Waals surface area (Å²) in [6, 6.07) is 18.9. The summed E-state index contributed by atoms with van der Waals surface area (Å²) in [5.41, 5.74) is 4.01. The van der Waals surface area contributed by atoms with Crippen molar-refractivity contribution in [2.45, 2.75) is 0 Å². The number of hydrazone groups is 1. The lowest BCUT2D eigenvalue weighted by molar-refractivity contribution is 0.0947. The maximum Gasteiger partial charge on any atom is 0.295 e. The van der Waals surface area contributed by atoms with Gasteiger partial charge in [0.1, 0.15) is 0 Å². The predicted molar refractivity (Wildman–Crippen MR) is 96.7 cm³/mol. The van der Waals surface area contributed by atoms with Gasteiger partial charge in [-0.15, -0.1) is 0 Å². The van der Waals surface area contributed by atoms with Gasteiger partial charge in [-0.05, 0) is 23.8 Å². The van der Waals surface area contributed by atoms with Crippen molar-refractivity contribution in [3.63, 3.8) is 0 Å². The molecule has 0 saturated carbocycles. The summed E-state index contributed by atoms with van der Waals surface area (Å²) in [5.74, 6) is -0.798. The first-order chi connectivity index (χ1) is 12.2. The highest BCUT2D eigenvalue weighted by atomic mass is 16.3. The zero-order valence-corrected chi connectivity index (χ0v) is 13.3. The van der Waals surface area contributed by atoms with Gasteiger partial charge < -0.3 is 5.11 Å². The topological polar surface area (TPSA) is 79.5 Å². The number of benzene rings is 2. The number of para-hydroxylation sites is 1. The number of carbonyl (C=O) groups is 1. The van der Waals surface area contributed by atoms with E-state index in [1.54, 1.807) is 6.08 Å². The van der Waals surface area contributed by atoms with Gasteiger partial charge in [0.15, 0.2) is 11.4 Å². The summed E-state index contributed by atoms with van der Waals surface area (Å²) in [5, 5.41) is 17.8. The number of aromatic nitrogens is 2. The fraction of sp³-hybridized carbons (Fsp3) is 0. The van der Waals surface area contributed by atoms with Crippen LogP contribution in [0.2, 0.25) is 0 Å². The lowest BCUT2D eigenvalue weighted by Gasteiger charge is -1.99. The van der Waals surface area contributed by atoms with E-state index >= 15 is 0 Å². The van der Waals surface area contributed by atoms with Gasteiger partial charge in [-0.2, -0.15) is 10.2 Å². The molecule has 0 saturated heterocycles. The molecule has 0 spiro atoms. The van der Waals surface area contributed by atoms with E-state index in [9.17, 15) is 9.90 Å². The van der Waals surface area contributed by atoms with Crippen LogP contribution < -0.4 is 5.43 Å². The number of hydrogen-bond donors (Lipinski definition) is 2. The summed E-state index contributed by atoms with van der Waals surface area (Å²) >= 11 is 0. The van der Waals surface area contributed by atoms with Crippen molar-refractivity contribution < 1.29 is 9.90 Å². The lowest BCUT2D eigenvalue weighted by atomic mass is 10.2. The molecule has 1 amide bonds. The van der Waals surface area contributed by atoms with Crippen LogP contribution >= 0.6 is 0 Å². The van der Waals surface area contributed by atoms with Crippen molar-refractivity contribution in [2.75, 3.05) is 0 Å². The highest BCUT2D eigenvalue weighted by molar-refractivity contribution is 5.95. The molecular formula is C19H16N4O2. The Morgan fingerprint density at radius 1 is 1.08 bits per heavy atom. The monoisotopic (exact) mass is 332 g/mol. The molecule has 3 aromatic rings. The lowest BCUT2D eigenvalue weighted by Crippen LogP contribution is -2.18. The third-order valence-electron chi connectivity index (χ3n) is 3.35. The maximum absolute atomic E-state index is 12.1. The number of amides is 1. The van der Waals surface area contributed by atoms with Crippen molar-refractivity contribution in [1.82, 2.24) is 15.2 Å². The average Bonchev–Trinajstić information content (AvgIpc) is 3.05. The van der Waals surface area contributed by atoms with Gasteiger partial charge in [-0.1, -0.05) is 54.6 Å². The number of nitrogens with zero attached hydrogens (tertiary/aromatic N) is 3. The summed E-state index contributed by atoms with van der Waals surface area (Å²) in [4.78, 5) is 12.1. The molecule has 0 fully saturated rings. The molecule has 6 nitrogen and oxygen atoms in total. The molecular weight excluding hydrogens is 316 g/mol. The molecule has 0 aliphatic rings. The van der Waals surface area contributed by atoms with E-state index in [0.717, 1.165) is 11.3 Å². The minimum atomic E-state index is -0.587. The molecule has 0 atom stereocenters. The number of nitrogens with one attached hydrogen (secondary N) is 1. The van der Waals surface area contributed by atoms with Gasteiger partial charge in [-0.25, -0.2) is 10.1 Å². The Morgan fingerprint density at radius 3 is 2.48 bits per heavy atom. The first-order valence-electron chi connectivity index (χ1n) is 7.63. The Bertz CT molecular complexity index is 900. The van der Waals surface area contributed by atoms with Crippen molar-refractivity contribution in [1.29, 1.82) is 0 Å². The van der Waals surface area contributed by atoms with E-state index in [-0.39, 0.29) is 11.4 Å². The van der Waals surface area contributed by atoms with Crippen LogP contribution in [-0.2, 0) is 0 Å². The number of aromatic hydroxyl groups is 1. The Balaban J connectivity index is 1.63. The molecule has 2 N–H and O–H groups in total. The molecule has 0 unspecified atom stereocenters. The van der Waals surface area contributed by atoms with Crippen LogP contribution in [-0.4, -0.2) is 27.0 Å². The number of rotatable bonds is 5. The van der Waals surface area contributed by atoms with Crippen LogP contribution in [0.1, 0.15) is 16.1 Å². The zero-order chi connectivity index (χ0) is 17.5. The minimum Gasteiger partial charge on any atom is -0.504 e. The third kappa shape index (κ3) is 4.20. The molecule has 124 valence electrons. The van der Waals surface area contributed by atoms with Crippen LogP contribution in [0.25, 0.3) is 11.8 Å².